The fourth-order valence-electron chi connectivity index (χ4n) is 0.534. The molecule has 0 fully saturated rings. The van der Waals surface area contributed by atoms with Gasteiger partial charge in [-0.25, -0.2) is 0 Å². The van der Waals surface area contributed by atoms with Crippen LogP contribution in [0.25, 0.3) is 0 Å². The molecule has 11 heavy (non-hydrogen) atoms. The van der Waals surface area contributed by atoms with Crippen LogP contribution < -0.4 is 5.73 Å². The molecule has 0 unspecified atom stereocenters. The maximum Gasteiger partial charge on any atom is 0.0448 e. The molecule has 0 aliphatic heterocycles. The van der Waals surface area contributed by atoms with Crippen molar-refractivity contribution in [3.8, 4) is 0 Å². The van der Waals surface area contributed by atoms with Crippen molar-refractivity contribution >= 4 is 11.6 Å². The predicted molar refractivity (Wildman–Crippen MR) is 51.8 cm³/mol. The van der Waals surface area contributed by atoms with E-state index in [9.17, 15) is 0 Å². The van der Waals surface area contributed by atoms with Crippen molar-refractivity contribution in [3.63, 3.8) is 0 Å². The van der Waals surface area contributed by atoms with Crippen molar-refractivity contribution in [3.05, 3.63) is 36.0 Å². The van der Waals surface area contributed by atoms with Crippen molar-refractivity contribution in [2.75, 3.05) is 12.4 Å². The van der Waals surface area contributed by atoms with Gasteiger partial charge in [-0.2, -0.15) is 0 Å². The molecule has 0 aromatic heterocycles. The zero-order valence-electron chi connectivity index (χ0n) is 6.76. The van der Waals surface area contributed by atoms with Crippen LogP contribution in [-0.4, -0.2) is 12.4 Å². The first-order chi connectivity index (χ1) is 5.35. The fourth-order valence-corrected chi connectivity index (χ4v) is 0.732. The Labute approximate surface area is 73.2 Å². The topological polar surface area (TPSA) is 26.0 Å². The Hall–Kier alpha value is -0.530. The molecule has 62 valence electrons. The molecule has 0 rings (SSSR count). The molecule has 0 aliphatic carbocycles. The van der Waals surface area contributed by atoms with E-state index in [0.29, 0.717) is 12.4 Å². The Morgan fingerprint density at radius 3 is 2.55 bits per heavy atom. The molecule has 0 saturated carbocycles. The van der Waals surface area contributed by atoms with Gasteiger partial charge in [0.05, 0.1) is 0 Å². The average Bonchev–Trinajstić information content (AvgIpc) is 2.05. The standard InChI is InChI=1S/C9H14ClN/c1-2-3-4-5-6-9(7-10)8-11/h2-6H,7-8,11H2,1H3. The van der Waals surface area contributed by atoms with E-state index in [0.717, 1.165) is 5.57 Å². The molecule has 0 radical (unpaired) electrons. The molecule has 0 amide bonds. The van der Waals surface area contributed by atoms with Gasteiger partial charge < -0.3 is 5.73 Å². The lowest BCUT2D eigenvalue weighted by Gasteiger charge is -1.93. The molecule has 2 N–H and O–H groups in total. The molecule has 0 aromatic carbocycles. The summed E-state index contributed by atoms with van der Waals surface area (Å²) in [5.41, 5.74) is 6.44. The van der Waals surface area contributed by atoms with Crippen LogP contribution >= 0.6 is 11.6 Å². The van der Waals surface area contributed by atoms with Crippen LogP contribution in [0.5, 0.6) is 0 Å². The molecule has 0 aliphatic rings. The SMILES string of the molecule is CC=CC=CC=C(CN)CCl. The van der Waals surface area contributed by atoms with E-state index in [1.165, 1.54) is 0 Å². The summed E-state index contributed by atoms with van der Waals surface area (Å²) in [7, 11) is 0. The second-order valence-electron chi connectivity index (χ2n) is 2.07. The summed E-state index contributed by atoms with van der Waals surface area (Å²) in [6, 6.07) is 0. The van der Waals surface area contributed by atoms with Gasteiger partial charge in [-0.05, 0) is 12.5 Å². The summed E-state index contributed by atoms with van der Waals surface area (Å²) in [5, 5.41) is 0. The summed E-state index contributed by atoms with van der Waals surface area (Å²) in [6.45, 7) is 2.50. The normalized spacial score (nSPS) is 13.5. The molecule has 1 nitrogen and oxygen atoms in total. The molecular formula is C9H14ClN. The molecule has 0 spiro atoms. The number of alkyl halides is 1. The fraction of sp³-hybridized carbons (Fsp3) is 0.333. The van der Waals surface area contributed by atoms with Gasteiger partial charge >= 0.3 is 0 Å². The highest BCUT2D eigenvalue weighted by molar-refractivity contribution is 6.19. The molecule has 0 atom stereocenters. The maximum absolute atomic E-state index is 5.58. The minimum Gasteiger partial charge on any atom is -0.327 e. The van der Waals surface area contributed by atoms with Gasteiger partial charge in [0, 0.05) is 12.4 Å². The van der Waals surface area contributed by atoms with Crippen LogP contribution in [0.1, 0.15) is 6.92 Å². The summed E-state index contributed by atoms with van der Waals surface area (Å²) in [4.78, 5) is 0. The van der Waals surface area contributed by atoms with Gasteiger partial charge in [0.25, 0.3) is 0 Å². The molecule has 0 heterocycles. The van der Waals surface area contributed by atoms with Gasteiger partial charge in [-0.1, -0.05) is 30.4 Å². The van der Waals surface area contributed by atoms with E-state index in [2.05, 4.69) is 0 Å². The van der Waals surface area contributed by atoms with Crippen LogP contribution in [0.3, 0.4) is 0 Å². The Balaban J connectivity index is 3.86. The summed E-state index contributed by atoms with van der Waals surface area (Å²) in [6.07, 6.45) is 9.74. The Morgan fingerprint density at radius 1 is 1.36 bits per heavy atom. The highest BCUT2D eigenvalue weighted by Crippen LogP contribution is 1.95. The van der Waals surface area contributed by atoms with Crippen LogP contribution in [0.4, 0.5) is 0 Å². The quantitative estimate of drug-likeness (QED) is 0.510. The first-order valence-electron chi connectivity index (χ1n) is 3.58. The molecule has 0 bridgehead atoms. The number of halogens is 1. The summed E-state index contributed by atoms with van der Waals surface area (Å²) in [5.74, 6) is 0.511. The van der Waals surface area contributed by atoms with Crippen LogP contribution in [0.2, 0.25) is 0 Å². The average molecular weight is 172 g/mol. The van der Waals surface area contributed by atoms with Crippen LogP contribution in [0, 0.1) is 0 Å². The van der Waals surface area contributed by atoms with Gasteiger partial charge in [0.2, 0.25) is 0 Å². The van der Waals surface area contributed by atoms with Gasteiger partial charge in [-0.3, -0.25) is 0 Å². The van der Waals surface area contributed by atoms with Crippen molar-refractivity contribution < 1.29 is 0 Å². The van der Waals surface area contributed by atoms with E-state index >= 15 is 0 Å². The third kappa shape index (κ3) is 5.89. The summed E-state index contributed by atoms with van der Waals surface area (Å²) >= 11 is 5.58. The highest BCUT2D eigenvalue weighted by atomic mass is 35.5. The van der Waals surface area contributed by atoms with E-state index in [1.54, 1.807) is 0 Å². The number of rotatable bonds is 4. The lowest BCUT2D eigenvalue weighted by Crippen LogP contribution is -2.03. The number of hydrogen-bond acceptors (Lipinski definition) is 1. The lowest BCUT2D eigenvalue weighted by molar-refractivity contribution is 1.14. The second kappa shape index (κ2) is 7.58. The Morgan fingerprint density at radius 2 is 2.09 bits per heavy atom. The van der Waals surface area contributed by atoms with E-state index < -0.39 is 0 Å². The smallest absolute Gasteiger partial charge is 0.0448 e. The number of hydrogen-bond donors (Lipinski definition) is 1. The van der Waals surface area contributed by atoms with E-state index in [4.69, 9.17) is 17.3 Å². The molecule has 2 heteroatoms. The largest absolute Gasteiger partial charge is 0.327 e. The molecule has 0 aromatic rings. The Kier molecular flexibility index (Phi) is 7.21. The second-order valence-corrected chi connectivity index (χ2v) is 2.34. The van der Waals surface area contributed by atoms with Crippen molar-refractivity contribution in [2.45, 2.75) is 6.92 Å². The zero-order chi connectivity index (χ0) is 8.53. The van der Waals surface area contributed by atoms with Crippen LogP contribution in [-0.2, 0) is 0 Å². The van der Waals surface area contributed by atoms with E-state index in [-0.39, 0.29) is 0 Å². The van der Waals surface area contributed by atoms with E-state index in [1.807, 2.05) is 37.3 Å². The molecule has 0 saturated heterocycles. The highest BCUT2D eigenvalue weighted by Gasteiger charge is 1.86. The zero-order valence-corrected chi connectivity index (χ0v) is 7.51. The number of nitrogens with two attached hydrogens (primary N) is 1. The third-order valence-corrected chi connectivity index (χ3v) is 1.52. The van der Waals surface area contributed by atoms with Crippen LogP contribution in [0.15, 0.2) is 36.0 Å². The van der Waals surface area contributed by atoms with Gasteiger partial charge in [-0.15, -0.1) is 11.6 Å². The van der Waals surface area contributed by atoms with Gasteiger partial charge in [0.15, 0.2) is 0 Å². The third-order valence-electron chi connectivity index (χ3n) is 1.18. The minimum absolute atomic E-state index is 0.511. The lowest BCUT2D eigenvalue weighted by atomic mass is 10.3. The maximum atomic E-state index is 5.58. The van der Waals surface area contributed by atoms with Crippen molar-refractivity contribution in [1.82, 2.24) is 0 Å². The first-order valence-corrected chi connectivity index (χ1v) is 4.12. The van der Waals surface area contributed by atoms with Crippen molar-refractivity contribution in [1.29, 1.82) is 0 Å². The first kappa shape index (κ1) is 10.5. The molecular weight excluding hydrogens is 158 g/mol. The van der Waals surface area contributed by atoms with Gasteiger partial charge in [0.1, 0.15) is 0 Å². The summed E-state index contributed by atoms with van der Waals surface area (Å²) < 4.78 is 0. The Bertz CT molecular complexity index is 162. The predicted octanol–water partition coefficient (Wildman–Crippen LogP) is 2.24. The minimum atomic E-state index is 0.511. The number of allylic oxidation sites excluding steroid dienone is 5. The monoisotopic (exact) mass is 171 g/mol. The van der Waals surface area contributed by atoms with Crippen molar-refractivity contribution in [2.24, 2.45) is 5.73 Å².